The maximum absolute atomic E-state index is 12.2. The Hall–Kier alpha value is -2.97. The Bertz CT molecular complexity index is 684. The monoisotopic (exact) mass is 288 g/mol. The largest absolute Gasteiger partial charge is 0.482 e. The van der Waals surface area contributed by atoms with Gasteiger partial charge in [-0.05, 0) is 25.1 Å². The molecule has 2 aromatic rings. The number of hydrogen-bond acceptors (Lipinski definition) is 6. The number of carbonyl (C=O) groups is 2. The van der Waals surface area contributed by atoms with E-state index in [9.17, 15) is 9.59 Å². The second-order valence-electron chi connectivity index (χ2n) is 4.51. The van der Waals surface area contributed by atoms with Crippen molar-refractivity contribution in [2.45, 2.75) is 13.0 Å². The van der Waals surface area contributed by atoms with Gasteiger partial charge in [0.2, 0.25) is 0 Å². The number of carbonyl (C=O) groups excluding carboxylic acids is 2. The predicted molar refractivity (Wildman–Crippen MR) is 70.6 cm³/mol. The quantitative estimate of drug-likeness (QED) is 0.732. The van der Waals surface area contributed by atoms with Crippen molar-refractivity contribution in [3.05, 3.63) is 29.6 Å². The minimum atomic E-state index is -0.391. The normalized spacial score (nSPS) is 14.6. The molecule has 2 heterocycles. The Morgan fingerprint density at radius 3 is 3.10 bits per heavy atom. The Morgan fingerprint density at radius 2 is 2.33 bits per heavy atom. The summed E-state index contributed by atoms with van der Waals surface area (Å²) in [7, 11) is 0. The summed E-state index contributed by atoms with van der Waals surface area (Å²) in [4.78, 5) is 23.4. The van der Waals surface area contributed by atoms with Crippen LogP contribution in [0.3, 0.4) is 0 Å². The Balaban J connectivity index is 1.76. The lowest BCUT2D eigenvalue weighted by Crippen LogP contribution is -2.28. The van der Waals surface area contributed by atoms with Crippen molar-refractivity contribution in [2.75, 3.05) is 11.9 Å². The van der Waals surface area contributed by atoms with Crippen LogP contribution in [0.2, 0.25) is 0 Å². The molecule has 9 nitrogen and oxygen atoms in total. The summed E-state index contributed by atoms with van der Waals surface area (Å²) in [5.41, 5.74) is 0.876. The van der Waals surface area contributed by atoms with Crippen LogP contribution in [0.25, 0.3) is 0 Å². The zero-order valence-corrected chi connectivity index (χ0v) is 11.1. The number of H-pyrrole nitrogens is 1. The van der Waals surface area contributed by atoms with Gasteiger partial charge in [-0.1, -0.05) is 5.21 Å². The second kappa shape index (κ2) is 5.19. The number of rotatable bonds is 3. The molecule has 1 aromatic heterocycles. The standard InChI is InChI=1S/C12H12N6O3/c1-6(11-15-17-18-16-11)13-12(20)7-2-3-9-8(4-7)14-10(19)5-21-9/h2-4,6H,5H2,1H3,(H,13,20)(H,14,19)(H,15,16,17,18). The fourth-order valence-electron chi connectivity index (χ4n) is 1.92. The van der Waals surface area contributed by atoms with Gasteiger partial charge in [0.15, 0.2) is 12.4 Å². The molecule has 0 saturated heterocycles. The van der Waals surface area contributed by atoms with Gasteiger partial charge in [-0.25, -0.2) is 0 Å². The summed E-state index contributed by atoms with van der Waals surface area (Å²) >= 11 is 0. The van der Waals surface area contributed by atoms with Crippen LogP contribution in [0.15, 0.2) is 18.2 Å². The molecule has 1 atom stereocenters. The molecule has 0 bridgehead atoms. The van der Waals surface area contributed by atoms with Crippen molar-refractivity contribution in [3.8, 4) is 5.75 Å². The number of aromatic amines is 1. The molecule has 21 heavy (non-hydrogen) atoms. The van der Waals surface area contributed by atoms with Crippen molar-refractivity contribution >= 4 is 17.5 Å². The number of anilines is 1. The number of hydrogen-bond donors (Lipinski definition) is 3. The molecule has 108 valence electrons. The predicted octanol–water partition coefficient (Wildman–Crippen LogP) is 0.0216. The van der Waals surface area contributed by atoms with E-state index in [4.69, 9.17) is 4.74 Å². The molecule has 0 aliphatic carbocycles. The highest BCUT2D eigenvalue weighted by Crippen LogP contribution is 2.28. The van der Waals surface area contributed by atoms with E-state index >= 15 is 0 Å². The van der Waals surface area contributed by atoms with Crippen LogP contribution in [-0.4, -0.2) is 39.0 Å². The van der Waals surface area contributed by atoms with E-state index in [2.05, 4.69) is 31.3 Å². The van der Waals surface area contributed by atoms with Crippen molar-refractivity contribution in [1.29, 1.82) is 0 Å². The second-order valence-corrected chi connectivity index (χ2v) is 4.51. The lowest BCUT2D eigenvalue weighted by Gasteiger charge is -2.18. The molecule has 1 aromatic carbocycles. The van der Waals surface area contributed by atoms with E-state index in [1.54, 1.807) is 25.1 Å². The number of fused-ring (bicyclic) bond motifs is 1. The topological polar surface area (TPSA) is 122 Å². The van der Waals surface area contributed by atoms with E-state index < -0.39 is 6.04 Å². The van der Waals surface area contributed by atoms with Gasteiger partial charge in [0.25, 0.3) is 11.8 Å². The van der Waals surface area contributed by atoms with Crippen LogP contribution >= 0.6 is 0 Å². The van der Waals surface area contributed by atoms with Gasteiger partial charge in [0, 0.05) is 5.56 Å². The van der Waals surface area contributed by atoms with E-state index in [1.165, 1.54) is 0 Å². The molecule has 3 rings (SSSR count). The van der Waals surface area contributed by atoms with Gasteiger partial charge in [0.1, 0.15) is 5.75 Å². The maximum atomic E-state index is 12.2. The van der Waals surface area contributed by atoms with Crippen molar-refractivity contribution < 1.29 is 14.3 Å². The van der Waals surface area contributed by atoms with Crippen LogP contribution in [0.5, 0.6) is 5.75 Å². The zero-order valence-electron chi connectivity index (χ0n) is 11.1. The van der Waals surface area contributed by atoms with Crippen molar-refractivity contribution in [1.82, 2.24) is 25.9 Å². The summed E-state index contributed by atoms with van der Waals surface area (Å²) < 4.78 is 5.23. The van der Waals surface area contributed by atoms with E-state index in [0.717, 1.165) is 0 Å². The SMILES string of the molecule is CC(NC(=O)c1ccc2c(c1)NC(=O)CO2)c1nn[nH]n1. The summed E-state index contributed by atoms with van der Waals surface area (Å²) in [6, 6.07) is 4.43. The fraction of sp³-hybridized carbons (Fsp3) is 0.250. The first-order valence-electron chi connectivity index (χ1n) is 6.24. The van der Waals surface area contributed by atoms with E-state index in [1.807, 2.05) is 0 Å². The first-order chi connectivity index (χ1) is 10.1. The third-order valence-corrected chi connectivity index (χ3v) is 2.97. The lowest BCUT2D eigenvalue weighted by molar-refractivity contribution is -0.118. The zero-order chi connectivity index (χ0) is 14.8. The lowest BCUT2D eigenvalue weighted by atomic mass is 10.1. The molecular formula is C12H12N6O3. The third kappa shape index (κ3) is 2.66. The molecule has 1 aliphatic rings. The Labute approximate surface area is 119 Å². The smallest absolute Gasteiger partial charge is 0.262 e. The molecule has 9 heteroatoms. The van der Waals surface area contributed by atoms with Crippen LogP contribution in [-0.2, 0) is 4.79 Å². The number of ether oxygens (including phenoxy) is 1. The van der Waals surface area contributed by atoms with E-state index in [0.29, 0.717) is 22.8 Å². The van der Waals surface area contributed by atoms with Gasteiger partial charge in [-0.2, -0.15) is 5.21 Å². The van der Waals surface area contributed by atoms with Crippen LogP contribution in [0.4, 0.5) is 5.69 Å². The van der Waals surface area contributed by atoms with E-state index in [-0.39, 0.29) is 18.4 Å². The maximum Gasteiger partial charge on any atom is 0.262 e. The van der Waals surface area contributed by atoms with Gasteiger partial charge in [-0.3, -0.25) is 9.59 Å². The fourth-order valence-corrected chi connectivity index (χ4v) is 1.92. The average Bonchev–Trinajstić information content (AvgIpc) is 3.00. The van der Waals surface area contributed by atoms with Crippen molar-refractivity contribution in [3.63, 3.8) is 0 Å². The molecule has 0 spiro atoms. The molecule has 0 fully saturated rings. The van der Waals surface area contributed by atoms with Crippen LogP contribution in [0, 0.1) is 0 Å². The van der Waals surface area contributed by atoms with Crippen LogP contribution < -0.4 is 15.4 Å². The molecule has 3 N–H and O–H groups in total. The number of aromatic nitrogens is 4. The van der Waals surface area contributed by atoms with Gasteiger partial charge in [0.05, 0.1) is 11.7 Å². The molecule has 1 aliphatic heterocycles. The summed E-state index contributed by atoms with van der Waals surface area (Å²) in [6.45, 7) is 1.72. The third-order valence-electron chi connectivity index (χ3n) is 2.97. The summed E-state index contributed by atoms with van der Waals surface area (Å²) in [6.07, 6.45) is 0. The number of tetrazole rings is 1. The highest BCUT2D eigenvalue weighted by atomic mass is 16.5. The number of amides is 2. The highest BCUT2D eigenvalue weighted by molar-refractivity contribution is 5.99. The van der Waals surface area contributed by atoms with Crippen molar-refractivity contribution in [2.24, 2.45) is 0 Å². The van der Waals surface area contributed by atoms with Gasteiger partial charge >= 0.3 is 0 Å². The first kappa shape index (κ1) is 13.0. The molecule has 2 amide bonds. The Kier molecular flexibility index (Phi) is 3.22. The highest BCUT2D eigenvalue weighted by Gasteiger charge is 2.19. The molecule has 1 unspecified atom stereocenters. The van der Waals surface area contributed by atoms with Gasteiger partial charge in [-0.15, -0.1) is 10.2 Å². The number of benzene rings is 1. The summed E-state index contributed by atoms with van der Waals surface area (Å²) in [5, 5.41) is 18.8. The Morgan fingerprint density at radius 1 is 1.48 bits per heavy atom. The minimum absolute atomic E-state index is 0.0204. The molecular weight excluding hydrogens is 276 g/mol. The average molecular weight is 288 g/mol. The molecule has 0 radical (unpaired) electrons. The van der Waals surface area contributed by atoms with Gasteiger partial charge < -0.3 is 15.4 Å². The minimum Gasteiger partial charge on any atom is -0.482 e. The first-order valence-corrected chi connectivity index (χ1v) is 6.24. The van der Waals surface area contributed by atoms with Crippen LogP contribution in [0.1, 0.15) is 29.1 Å². The number of nitrogens with one attached hydrogen (secondary N) is 3. The number of nitrogens with zero attached hydrogens (tertiary/aromatic N) is 3. The summed E-state index contributed by atoms with van der Waals surface area (Å²) in [5.74, 6) is 0.366. The molecule has 0 saturated carbocycles.